The van der Waals surface area contributed by atoms with Gasteiger partial charge in [0.25, 0.3) is 11.8 Å². The van der Waals surface area contributed by atoms with Gasteiger partial charge in [-0.05, 0) is 24.3 Å². The number of anilines is 1. The Kier molecular flexibility index (Phi) is 3.21. The molecule has 0 unspecified atom stereocenters. The molecule has 3 rings (SSSR count). The monoisotopic (exact) mass is 299 g/mol. The van der Waals surface area contributed by atoms with Crippen LogP contribution in [0, 0.1) is 5.82 Å². The van der Waals surface area contributed by atoms with Gasteiger partial charge in [-0.2, -0.15) is 0 Å². The summed E-state index contributed by atoms with van der Waals surface area (Å²) in [4.78, 5) is 36.4. The molecule has 0 spiro atoms. The standard InChI is InChI=1S/C16H10FNO4/c1-9(19)22-10-6-7-13(17)14(8-10)18-15(20)11-4-2-3-5-12(11)16(18)21/h2-8H,1H3. The first-order valence-corrected chi connectivity index (χ1v) is 6.45. The predicted molar refractivity (Wildman–Crippen MR) is 75.3 cm³/mol. The average molecular weight is 299 g/mol. The van der Waals surface area contributed by atoms with E-state index in [1.807, 2.05) is 0 Å². The highest BCUT2D eigenvalue weighted by Crippen LogP contribution is 2.32. The largest absolute Gasteiger partial charge is 0.427 e. The van der Waals surface area contributed by atoms with Crippen LogP contribution < -0.4 is 9.64 Å². The number of nitrogens with zero attached hydrogens (tertiary/aromatic N) is 1. The van der Waals surface area contributed by atoms with E-state index in [2.05, 4.69) is 0 Å². The smallest absolute Gasteiger partial charge is 0.308 e. The summed E-state index contributed by atoms with van der Waals surface area (Å²) < 4.78 is 18.9. The predicted octanol–water partition coefficient (Wildman–Crippen LogP) is 2.55. The van der Waals surface area contributed by atoms with Gasteiger partial charge in [0.2, 0.25) is 0 Å². The quantitative estimate of drug-likeness (QED) is 0.485. The first kappa shape index (κ1) is 13.9. The molecule has 1 aliphatic heterocycles. The highest BCUT2D eigenvalue weighted by Gasteiger charge is 2.37. The average Bonchev–Trinajstić information content (AvgIpc) is 2.73. The van der Waals surface area contributed by atoms with Crippen LogP contribution in [0.25, 0.3) is 0 Å². The number of esters is 1. The molecule has 5 nitrogen and oxygen atoms in total. The van der Waals surface area contributed by atoms with E-state index in [0.29, 0.717) is 0 Å². The first-order chi connectivity index (χ1) is 10.5. The Labute approximate surface area is 124 Å². The molecule has 0 fully saturated rings. The zero-order valence-corrected chi connectivity index (χ0v) is 11.5. The summed E-state index contributed by atoms with van der Waals surface area (Å²) in [5.74, 6) is -2.51. The first-order valence-electron chi connectivity index (χ1n) is 6.45. The van der Waals surface area contributed by atoms with E-state index in [4.69, 9.17) is 4.74 Å². The van der Waals surface area contributed by atoms with Gasteiger partial charge in [0.05, 0.1) is 16.8 Å². The number of rotatable bonds is 2. The fourth-order valence-electron chi connectivity index (χ4n) is 2.30. The molecule has 1 aliphatic rings. The maximum atomic E-state index is 14.0. The van der Waals surface area contributed by atoms with E-state index in [0.717, 1.165) is 17.0 Å². The second-order valence-corrected chi connectivity index (χ2v) is 4.70. The minimum absolute atomic E-state index is 0.0560. The van der Waals surface area contributed by atoms with Crippen LogP contribution in [-0.2, 0) is 4.79 Å². The molecule has 2 aromatic rings. The molecule has 2 amide bonds. The van der Waals surface area contributed by atoms with Crippen molar-refractivity contribution >= 4 is 23.5 Å². The second-order valence-electron chi connectivity index (χ2n) is 4.70. The summed E-state index contributed by atoms with van der Waals surface area (Å²) in [6.07, 6.45) is 0. The van der Waals surface area contributed by atoms with E-state index in [9.17, 15) is 18.8 Å². The van der Waals surface area contributed by atoms with Gasteiger partial charge in [0.15, 0.2) is 0 Å². The molecule has 6 heteroatoms. The lowest BCUT2D eigenvalue weighted by atomic mass is 10.1. The summed E-state index contributed by atoms with van der Waals surface area (Å²) in [6.45, 7) is 1.20. The zero-order valence-electron chi connectivity index (χ0n) is 11.5. The zero-order chi connectivity index (χ0) is 15.9. The van der Waals surface area contributed by atoms with Gasteiger partial charge in [0.1, 0.15) is 11.6 Å². The number of hydrogen-bond donors (Lipinski definition) is 0. The number of carbonyl (C=O) groups is 3. The van der Waals surface area contributed by atoms with Crippen molar-refractivity contribution in [2.75, 3.05) is 4.90 Å². The van der Waals surface area contributed by atoms with Gasteiger partial charge in [-0.3, -0.25) is 14.4 Å². The Morgan fingerprint density at radius 2 is 1.64 bits per heavy atom. The van der Waals surface area contributed by atoms with Crippen molar-refractivity contribution in [2.45, 2.75) is 6.92 Å². The summed E-state index contributed by atoms with van der Waals surface area (Å²) in [7, 11) is 0. The molecule has 2 aromatic carbocycles. The number of ether oxygens (including phenoxy) is 1. The third-order valence-corrected chi connectivity index (χ3v) is 3.21. The lowest BCUT2D eigenvalue weighted by Crippen LogP contribution is -2.30. The lowest BCUT2D eigenvalue weighted by molar-refractivity contribution is -0.131. The highest BCUT2D eigenvalue weighted by atomic mass is 19.1. The van der Waals surface area contributed by atoms with Crippen molar-refractivity contribution in [3.05, 3.63) is 59.4 Å². The fraction of sp³-hybridized carbons (Fsp3) is 0.0625. The van der Waals surface area contributed by atoms with Gasteiger partial charge < -0.3 is 4.74 Å². The van der Waals surface area contributed by atoms with E-state index >= 15 is 0 Å². The summed E-state index contributed by atoms with van der Waals surface area (Å²) in [6, 6.07) is 9.69. The third-order valence-electron chi connectivity index (χ3n) is 3.21. The summed E-state index contributed by atoms with van der Waals surface area (Å²) >= 11 is 0. The number of hydrogen-bond acceptors (Lipinski definition) is 4. The van der Waals surface area contributed by atoms with Crippen molar-refractivity contribution in [1.82, 2.24) is 0 Å². The molecule has 0 saturated heterocycles. The van der Waals surface area contributed by atoms with Gasteiger partial charge in [-0.1, -0.05) is 12.1 Å². The normalized spacial score (nSPS) is 13.3. The topological polar surface area (TPSA) is 63.7 Å². The third kappa shape index (κ3) is 2.14. The Hall–Kier alpha value is -3.02. The van der Waals surface area contributed by atoms with Crippen LogP contribution in [0.15, 0.2) is 42.5 Å². The van der Waals surface area contributed by atoms with Crippen LogP contribution in [-0.4, -0.2) is 17.8 Å². The molecule has 0 aliphatic carbocycles. The molecule has 22 heavy (non-hydrogen) atoms. The molecule has 0 saturated carbocycles. The van der Waals surface area contributed by atoms with Crippen molar-refractivity contribution in [1.29, 1.82) is 0 Å². The van der Waals surface area contributed by atoms with Gasteiger partial charge in [-0.25, -0.2) is 9.29 Å². The van der Waals surface area contributed by atoms with Gasteiger partial charge in [0, 0.05) is 13.0 Å². The molecule has 0 radical (unpaired) electrons. The van der Waals surface area contributed by atoms with E-state index < -0.39 is 23.6 Å². The Morgan fingerprint density at radius 3 is 2.18 bits per heavy atom. The van der Waals surface area contributed by atoms with Crippen molar-refractivity contribution in [2.24, 2.45) is 0 Å². The number of halogens is 1. The summed E-state index contributed by atoms with van der Waals surface area (Å²) in [5, 5.41) is 0. The van der Waals surface area contributed by atoms with Gasteiger partial charge >= 0.3 is 5.97 Å². The molecule has 1 heterocycles. The van der Waals surface area contributed by atoms with Crippen LogP contribution in [0.1, 0.15) is 27.6 Å². The van der Waals surface area contributed by atoms with Crippen molar-refractivity contribution in [3.63, 3.8) is 0 Å². The van der Waals surface area contributed by atoms with E-state index in [-0.39, 0.29) is 22.6 Å². The summed E-state index contributed by atoms with van der Waals surface area (Å²) in [5.41, 5.74) is 0.180. The second kappa shape index (κ2) is 5.07. The maximum Gasteiger partial charge on any atom is 0.308 e. The molecular formula is C16H10FNO4. The van der Waals surface area contributed by atoms with Crippen LogP contribution >= 0.6 is 0 Å². The Bertz CT molecular complexity index is 781. The Morgan fingerprint density at radius 1 is 1.05 bits per heavy atom. The molecule has 0 aromatic heterocycles. The molecule has 0 N–H and O–H groups in total. The number of fused-ring (bicyclic) bond motifs is 1. The number of amides is 2. The molecular weight excluding hydrogens is 289 g/mol. The van der Waals surface area contributed by atoms with Crippen molar-refractivity contribution in [3.8, 4) is 5.75 Å². The lowest BCUT2D eigenvalue weighted by Gasteiger charge is -2.15. The SMILES string of the molecule is CC(=O)Oc1ccc(F)c(N2C(=O)c3ccccc3C2=O)c1. The molecule has 110 valence electrons. The maximum absolute atomic E-state index is 14.0. The number of carbonyl (C=O) groups excluding carboxylic acids is 3. The number of imide groups is 1. The van der Waals surface area contributed by atoms with Crippen LogP contribution in [0.2, 0.25) is 0 Å². The van der Waals surface area contributed by atoms with Crippen LogP contribution in [0.4, 0.5) is 10.1 Å². The fourth-order valence-corrected chi connectivity index (χ4v) is 2.30. The van der Waals surface area contributed by atoms with E-state index in [1.165, 1.54) is 25.1 Å². The Balaban J connectivity index is 2.07. The van der Waals surface area contributed by atoms with E-state index in [1.54, 1.807) is 12.1 Å². The van der Waals surface area contributed by atoms with Crippen molar-refractivity contribution < 1.29 is 23.5 Å². The number of benzene rings is 2. The minimum Gasteiger partial charge on any atom is -0.427 e. The van der Waals surface area contributed by atoms with Crippen LogP contribution in [0.5, 0.6) is 5.75 Å². The molecule has 0 atom stereocenters. The van der Waals surface area contributed by atoms with Crippen LogP contribution in [0.3, 0.4) is 0 Å². The highest BCUT2D eigenvalue weighted by molar-refractivity contribution is 6.34. The molecule has 0 bridgehead atoms. The van der Waals surface area contributed by atoms with Gasteiger partial charge in [-0.15, -0.1) is 0 Å². The minimum atomic E-state index is -0.759.